The maximum absolute atomic E-state index is 5.54. The Kier molecular flexibility index (Phi) is 5.19. The summed E-state index contributed by atoms with van der Waals surface area (Å²) >= 11 is 0. The summed E-state index contributed by atoms with van der Waals surface area (Å²) in [7, 11) is 0. The first-order chi connectivity index (χ1) is 10.8. The highest BCUT2D eigenvalue weighted by Crippen LogP contribution is 2.24. The van der Waals surface area contributed by atoms with Crippen molar-refractivity contribution in [1.82, 2.24) is 15.0 Å². The summed E-state index contributed by atoms with van der Waals surface area (Å²) in [6, 6.07) is 11.3. The van der Waals surface area contributed by atoms with Crippen molar-refractivity contribution < 1.29 is 4.52 Å². The monoisotopic (exact) mass is 300 g/mol. The standard InChI is InChI=1S/C17H24N4O/c18-12-17-19-16(20-22-17)13-21(15-8-4-5-9-15)11-10-14-6-2-1-3-7-14/h1-3,6-7,15H,4-5,8-13,18H2. The fourth-order valence-corrected chi connectivity index (χ4v) is 3.20. The van der Waals surface area contributed by atoms with E-state index in [1.807, 2.05) is 0 Å². The predicted molar refractivity (Wildman–Crippen MR) is 85.0 cm³/mol. The van der Waals surface area contributed by atoms with Crippen LogP contribution in [0.4, 0.5) is 0 Å². The van der Waals surface area contributed by atoms with Crippen LogP contribution in [-0.2, 0) is 19.5 Å². The molecule has 1 aliphatic carbocycles. The van der Waals surface area contributed by atoms with Gasteiger partial charge in [0.15, 0.2) is 5.82 Å². The van der Waals surface area contributed by atoms with E-state index >= 15 is 0 Å². The van der Waals surface area contributed by atoms with Crippen LogP contribution in [-0.4, -0.2) is 27.6 Å². The smallest absolute Gasteiger partial charge is 0.240 e. The number of hydrogen-bond donors (Lipinski definition) is 1. The van der Waals surface area contributed by atoms with Gasteiger partial charge in [0.05, 0.1) is 13.1 Å². The predicted octanol–water partition coefficient (Wildman–Crippen LogP) is 2.52. The lowest BCUT2D eigenvalue weighted by Crippen LogP contribution is -2.35. The van der Waals surface area contributed by atoms with Crippen LogP contribution >= 0.6 is 0 Å². The topological polar surface area (TPSA) is 68.2 Å². The van der Waals surface area contributed by atoms with Gasteiger partial charge in [0, 0.05) is 12.6 Å². The van der Waals surface area contributed by atoms with Gasteiger partial charge >= 0.3 is 0 Å². The molecule has 0 aliphatic heterocycles. The fourth-order valence-electron chi connectivity index (χ4n) is 3.20. The average molecular weight is 300 g/mol. The molecule has 22 heavy (non-hydrogen) atoms. The first-order valence-electron chi connectivity index (χ1n) is 8.14. The Morgan fingerprint density at radius 2 is 1.95 bits per heavy atom. The van der Waals surface area contributed by atoms with Crippen molar-refractivity contribution in [2.24, 2.45) is 5.73 Å². The zero-order valence-corrected chi connectivity index (χ0v) is 12.9. The molecule has 5 heteroatoms. The number of benzene rings is 1. The third-order valence-electron chi connectivity index (χ3n) is 4.40. The van der Waals surface area contributed by atoms with Crippen LogP contribution in [0, 0.1) is 0 Å². The Morgan fingerprint density at radius 3 is 2.64 bits per heavy atom. The molecule has 1 aromatic carbocycles. The Bertz CT molecular complexity index is 563. The molecule has 0 amide bonds. The molecule has 1 aliphatic rings. The van der Waals surface area contributed by atoms with Crippen LogP contribution in [0.2, 0.25) is 0 Å². The molecule has 3 rings (SSSR count). The Hall–Kier alpha value is -1.72. The summed E-state index contributed by atoms with van der Waals surface area (Å²) in [6.45, 7) is 2.09. The van der Waals surface area contributed by atoms with Crippen LogP contribution in [0.1, 0.15) is 43.0 Å². The number of rotatable bonds is 7. The first kappa shape index (κ1) is 15.2. The Labute approximate surface area is 131 Å². The molecule has 0 bridgehead atoms. The summed E-state index contributed by atoms with van der Waals surface area (Å²) in [6.07, 6.45) is 6.26. The second-order valence-electron chi connectivity index (χ2n) is 5.95. The highest BCUT2D eigenvalue weighted by atomic mass is 16.5. The van der Waals surface area contributed by atoms with Crippen molar-refractivity contribution in [2.45, 2.75) is 51.2 Å². The molecule has 1 aromatic heterocycles. The van der Waals surface area contributed by atoms with E-state index in [9.17, 15) is 0 Å². The largest absolute Gasteiger partial charge is 0.338 e. The lowest BCUT2D eigenvalue weighted by Gasteiger charge is -2.27. The van der Waals surface area contributed by atoms with Crippen LogP contribution < -0.4 is 5.73 Å². The zero-order chi connectivity index (χ0) is 15.2. The molecule has 5 nitrogen and oxygen atoms in total. The van der Waals surface area contributed by atoms with Crippen LogP contribution in [0.25, 0.3) is 0 Å². The minimum atomic E-state index is 0.306. The number of aromatic nitrogens is 2. The second kappa shape index (κ2) is 7.51. The summed E-state index contributed by atoms with van der Waals surface area (Å²) in [4.78, 5) is 6.86. The normalized spacial score (nSPS) is 15.7. The molecule has 0 radical (unpaired) electrons. The number of nitrogens with two attached hydrogens (primary N) is 1. The van der Waals surface area contributed by atoms with E-state index in [4.69, 9.17) is 10.3 Å². The summed E-state index contributed by atoms with van der Waals surface area (Å²) < 4.78 is 5.13. The third kappa shape index (κ3) is 3.93. The molecule has 1 heterocycles. The van der Waals surface area contributed by atoms with Crippen molar-refractivity contribution in [3.8, 4) is 0 Å². The van der Waals surface area contributed by atoms with Gasteiger partial charge in [-0.2, -0.15) is 4.98 Å². The molecular weight excluding hydrogens is 276 g/mol. The highest BCUT2D eigenvalue weighted by molar-refractivity contribution is 5.15. The number of hydrogen-bond acceptors (Lipinski definition) is 5. The van der Waals surface area contributed by atoms with E-state index < -0.39 is 0 Å². The Balaban J connectivity index is 1.64. The molecule has 0 unspecified atom stereocenters. The quantitative estimate of drug-likeness (QED) is 0.851. The van der Waals surface area contributed by atoms with E-state index in [-0.39, 0.29) is 0 Å². The van der Waals surface area contributed by atoms with E-state index in [0.717, 1.165) is 25.3 Å². The average Bonchev–Trinajstić information content (AvgIpc) is 3.24. The molecule has 1 saturated carbocycles. The molecule has 0 atom stereocenters. The van der Waals surface area contributed by atoms with Crippen molar-refractivity contribution >= 4 is 0 Å². The number of nitrogens with zero attached hydrogens (tertiary/aromatic N) is 3. The SMILES string of the molecule is NCc1nc(CN(CCc2ccccc2)C2CCCC2)no1. The van der Waals surface area contributed by atoms with E-state index in [1.54, 1.807) is 0 Å². The maximum Gasteiger partial charge on any atom is 0.240 e. The van der Waals surface area contributed by atoms with Crippen molar-refractivity contribution in [2.75, 3.05) is 6.54 Å². The third-order valence-corrected chi connectivity index (χ3v) is 4.40. The lowest BCUT2D eigenvalue weighted by atomic mass is 10.1. The lowest BCUT2D eigenvalue weighted by molar-refractivity contribution is 0.185. The minimum Gasteiger partial charge on any atom is -0.338 e. The van der Waals surface area contributed by atoms with E-state index in [1.165, 1.54) is 31.2 Å². The molecule has 2 aromatic rings. The highest BCUT2D eigenvalue weighted by Gasteiger charge is 2.23. The molecule has 1 fully saturated rings. The minimum absolute atomic E-state index is 0.306. The molecule has 0 saturated heterocycles. The van der Waals surface area contributed by atoms with Gasteiger partial charge in [0.25, 0.3) is 0 Å². The zero-order valence-electron chi connectivity index (χ0n) is 12.9. The first-order valence-corrected chi connectivity index (χ1v) is 8.14. The van der Waals surface area contributed by atoms with Crippen LogP contribution in [0.5, 0.6) is 0 Å². The van der Waals surface area contributed by atoms with Crippen LogP contribution in [0.15, 0.2) is 34.9 Å². The van der Waals surface area contributed by atoms with Gasteiger partial charge < -0.3 is 10.3 Å². The van der Waals surface area contributed by atoms with Gasteiger partial charge in [0.2, 0.25) is 5.89 Å². The molecule has 118 valence electrons. The van der Waals surface area contributed by atoms with Gasteiger partial charge in [-0.15, -0.1) is 0 Å². The van der Waals surface area contributed by atoms with E-state index in [0.29, 0.717) is 18.5 Å². The van der Waals surface area contributed by atoms with Gasteiger partial charge in [0.1, 0.15) is 0 Å². The summed E-state index contributed by atoms with van der Waals surface area (Å²) in [5, 5.41) is 4.05. The summed E-state index contributed by atoms with van der Waals surface area (Å²) in [5.74, 6) is 1.27. The molecule has 2 N–H and O–H groups in total. The van der Waals surface area contributed by atoms with Gasteiger partial charge in [-0.1, -0.05) is 48.3 Å². The van der Waals surface area contributed by atoms with E-state index in [2.05, 4.69) is 45.4 Å². The fraction of sp³-hybridized carbons (Fsp3) is 0.529. The maximum atomic E-state index is 5.54. The van der Waals surface area contributed by atoms with Gasteiger partial charge in [-0.3, -0.25) is 4.90 Å². The van der Waals surface area contributed by atoms with Gasteiger partial charge in [-0.25, -0.2) is 0 Å². The van der Waals surface area contributed by atoms with Crippen LogP contribution in [0.3, 0.4) is 0 Å². The van der Waals surface area contributed by atoms with Crippen molar-refractivity contribution in [3.05, 3.63) is 47.6 Å². The van der Waals surface area contributed by atoms with Crippen molar-refractivity contribution in [3.63, 3.8) is 0 Å². The Morgan fingerprint density at radius 1 is 1.18 bits per heavy atom. The summed E-state index contributed by atoms with van der Waals surface area (Å²) in [5.41, 5.74) is 6.92. The van der Waals surface area contributed by atoms with Gasteiger partial charge in [-0.05, 0) is 24.8 Å². The molecule has 0 spiro atoms. The second-order valence-corrected chi connectivity index (χ2v) is 5.95. The molecular formula is C17H24N4O. The van der Waals surface area contributed by atoms with Crippen molar-refractivity contribution in [1.29, 1.82) is 0 Å².